The van der Waals surface area contributed by atoms with E-state index >= 15 is 0 Å². The third-order valence-corrected chi connectivity index (χ3v) is 3.71. The molecule has 1 unspecified atom stereocenters. The zero-order chi connectivity index (χ0) is 14.2. The molecule has 2 aromatic carbocycles. The number of aryl methyl sites for hydroxylation is 1. The van der Waals surface area contributed by atoms with Gasteiger partial charge in [0.25, 0.3) is 0 Å². The van der Waals surface area contributed by atoms with E-state index in [1.807, 2.05) is 30.3 Å². The fraction of sp³-hybridized carbons (Fsp3) is 0.333. The van der Waals surface area contributed by atoms with E-state index in [4.69, 9.17) is 16.3 Å². The van der Waals surface area contributed by atoms with Gasteiger partial charge >= 0.3 is 0 Å². The smallest absolute Gasteiger partial charge is 0.119 e. The molecule has 0 N–H and O–H groups in total. The third-order valence-electron chi connectivity index (χ3n) is 3.24. The first-order chi connectivity index (χ1) is 9.79. The summed E-state index contributed by atoms with van der Waals surface area (Å²) >= 11 is 6.43. The van der Waals surface area contributed by atoms with Crippen molar-refractivity contribution in [2.24, 2.45) is 0 Å². The first-order valence-corrected chi connectivity index (χ1v) is 7.64. The van der Waals surface area contributed by atoms with Gasteiger partial charge in [0.15, 0.2) is 0 Å². The molecule has 0 aliphatic rings. The SMILES string of the molecule is CCCOc1ccc(CCC(Cl)c2ccccc2)cc1. The van der Waals surface area contributed by atoms with Crippen LogP contribution in [0.25, 0.3) is 0 Å². The molecule has 0 fully saturated rings. The van der Waals surface area contributed by atoms with E-state index in [2.05, 4.69) is 31.2 Å². The predicted molar refractivity (Wildman–Crippen MR) is 85.6 cm³/mol. The minimum atomic E-state index is 0.0761. The lowest BCUT2D eigenvalue weighted by molar-refractivity contribution is 0.317. The molecule has 0 saturated carbocycles. The van der Waals surface area contributed by atoms with Gasteiger partial charge in [0.05, 0.1) is 12.0 Å². The highest BCUT2D eigenvalue weighted by molar-refractivity contribution is 6.20. The Morgan fingerprint density at radius 2 is 1.70 bits per heavy atom. The summed E-state index contributed by atoms with van der Waals surface area (Å²) in [4.78, 5) is 0. The molecule has 0 aliphatic carbocycles. The monoisotopic (exact) mass is 288 g/mol. The van der Waals surface area contributed by atoms with Crippen LogP contribution in [0.4, 0.5) is 0 Å². The quantitative estimate of drug-likeness (QED) is 0.621. The molecule has 0 amide bonds. The van der Waals surface area contributed by atoms with Crippen molar-refractivity contribution in [3.05, 3.63) is 65.7 Å². The third kappa shape index (κ3) is 4.57. The van der Waals surface area contributed by atoms with E-state index in [0.717, 1.165) is 31.6 Å². The van der Waals surface area contributed by atoms with E-state index in [9.17, 15) is 0 Å². The molecule has 0 aliphatic heterocycles. The van der Waals surface area contributed by atoms with Crippen molar-refractivity contribution < 1.29 is 4.74 Å². The molecule has 2 aromatic rings. The van der Waals surface area contributed by atoms with Gasteiger partial charge in [-0.05, 0) is 42.5 Å². The Bertz CT molecular complexity index is 493. The largest absolute Gasteiger partial charge is 0.494 e. The van der Waals surface area contributed by atoms with Gasteiger partial charge in [-0.15, -0.1) is 11.6 Å². The lowest BCUT2D eigenvalue weighted by atomic mass is 10.0. The second-order valence-electron chi connectivity index (χ2n) is 4.91. The summed E-state index contributed by atoms with van der Waals surface area (Å²) in [6, 6.07) is 18.6. The normalized spacial score (nSPS) is 12.1. The molecular weight excluding hydrogens is 268 g/mol. The van der Waals surface area contributed by atoms with Crippen LogP contribution >= 0.6 is 11.6 Å². The van der Waals surface area contributed by atoms with Crippen molar-refractivity contribution in [1.29, 1.82) is 0 Å². The first-order valence-electron chi connectivity index (χ1n) is 7.20. The van der Waals surface area contributed by atoms with Crippen LogP contribution in [0, 0.1) is 0 Å². The van der Waals surface area contributed by atoms with Crippen molar-refractivity contribution in [3.8, 4) is 5.75 Å². The van der Waals surface area contributed by atoms with E-state index in [1.54, 1.807) is 0 Å². The lowest BCUT2D eigenvalue weighted by Crippen LogP contribution is -1.96. The second kappa shape index (κ2) is 7.96. The van der Waals surface area contributed by atoms with Gasteiger partial charge in [-0.2, -0.15) is 0 Å². The Kier molecular flexibility index (Phi) is 5.94. The number of ether oxygens (including phenoxy) is 1. The van der Waals surface area contributed by atoms with Gasteiger partial charge in [-0.25, -0.2) is 0 Å². The molecule has 106 valence electrons. The minimum Gasteiger partial charge on any atom is -0.494 e. The van der Waals surface area contributed by atoms with E-state index in [0.29, 0.717) is 0 Å². The molecule has 0 radical (unpaired) electrons. The Morgan fingerprint density at radius 3 is 2.35 bits per heavy atom. The summed E-state index contributed by atoms with van der Waals surface area (Å²) in [5.74, 6) is 0.945. The second-order valence-corrected chi connectivity index (χ2v) is 5.44. The summed E-state index contributed by atoms with van der Waals surface area (Å²) in [5, 5.41) is 0.0761. The van der Waals surface area contributed by atoms with E-state index in [-0.39, 0.29) is 5.38 Å². The number of alkyl halides is 1. The zero-order valence-electron chi connectivity index (χ0n) is 11.9. The maximum atomic E-state index is 6.43. The van der Waals surface area contributed by atoms with Crippen molar-refractivity contribution in [1.82, 2.24) is 0 Å². The number of rotatable bonds is 7. The van der Waals surface area contributed by atoms with Crippen molar-refractivity contribution in [2.75, 3.05) is 6.61 Å². The van der Waals surface area contributed by atoms with Gasteiger partial charge in [-0.3, -0.25) is 0 Å². The molecule has 1 atom stereocenters. The number of benzene rings is 2. The van der Waals surface area contributed by atoms with Gasteiger partial charge < -0.3 is 4.74 Å². The topological polar surface area (TPSA) is 9.23 Å². The molecule has 20 heavy (non-hydrogen) atoms. The van der Waals surface area contributed by atoms with Gasteiger partial charge in [0.1, 0.15) is 5.75 Å². The van der Waals surface area contributed by atoms with Crippen LogP contribution in [-0.2, 0) is 6.42 Å². The summed E-state index contributed by atoms with van der Waals surface area (Å²) in [5.41, 5.74) is 2.49. The van der Waals surface area contributed by atoms with Crippen LogP contribution in [0.2, 0.25) is 0 Å². The summed E-state index contributed by atoms with van der Waals surface area (Å²) in [7, 11) is 0. The number of halogens is 1. The van der Waals surface area contributed by atoms with E-state index < -0.39 is 0 Å². The van der Waals surface area contributed by atoms with Crippen molar-refractivity contribution in [3.63, 3.8) is 0 Å². The maximum Gasteiger partial charge on any atom is 0.119 e. The van der Waals surface area contributed by atoms with Crippen LogP contribution in [0.5, 0.6) is 5.75 Å². The lowest BCUT2D eigenvalue weighted by Gasteiger charge is -2.10. The van der Waals surface area contributed by atoms with Crippen molar-refractivity contribution in [2.45, 2.75) is 31.6 Å². The molecular formula is C18H21ClO. The highest BCUT2D eigenvalue weighted by Gasteiger charge is 2.07. The maximum absolute atomic E-state index is 6.43. The number of hydrogen-bond donors (Lipinski definition) is 0. The van der Waals surface area contributed by atoms with Crippen LogP contribution in [0.1, 0.15) is 36.3 Å². The Morgan fingerprint density at radius 1 is 1.00 bits per heavy atom. The number of hydrogen-bond acceptors (Lipinski definition) is 1. The van der Waals surface area contributed by atoms with Gasteiger partial charge in [-0.1, -0.05) is 49.4 Å². The highest BCUT2D eigenvalue weighted by atomic mass is 35.5. The molecule has 1 nitrogen and oxygen atoms in total. The highest BCUT2D eigenvalue weighted by Crippen LogP contribution is 2.26. The van der Waals surface area contributed by atoms with E-state index in [1.165, 1.54) is 11.1 Å². The fourth-order valence-corrected chi connectivity index (χ4v) is 2.35. The molecule has 2 heteroatoms. The molecule has 2 rings (SSSR count). The summed E-state index contributed by atoms with van der Waals surface area (Å²) in [6.07, 6.45) is 2.96. The Balaban J connectivity index is 1.84. The van der Waals surface area contributed by atoms with Crippen LogP contribution in [0.3, 0.4) is 0 Å². The van der Waals surface area contributed by atoms with Crippen molar-refractivity contribution >= 4 is 11.6 Å². The fourth-order valence-electron chi connectivity index (χ4n) is 2.09. The average molecular weight is 289 g/mol. The average Bonchev–Trinajstić information content (AvgIpc) is 2.52. The molecule has 0 heterocycles. The summed E-state index contributed by atoms with van der Waals surface area (Å²) < 4.78 is 5.58. The van der Waals surface area contributed by atoms with Crippen LogP contribution < -0.4 is 4.74 Å². The molecule has 0 saturated heterocycles. The standard InChI is InChI=1S/C18H21ClO/c1-2-14-20-17-11-8-15(9-12-17)10-13-18(19)16-6-4-3-5-7-16/h3-9,11-12,18H,2,10,13-14H2,1H3. The first kappa shape index (κ1) is 14.9. The van der Waals surface area contributed by atoms with Gasteiger partial charge in [0.2, 0.25) is 0 Å². The predicted octanol–water partition coefficient (Wildman–Crippen LogP) is 5.39. The Labute approximate surface area is 126 Å². The van der Waals surface area contributed by atoms with Crippen LogP contribution in [-0.4, -0.2) is 6.61 Å². The van der Waals surface area contributed by atoms with Crippen LogP contribution in [0.15, 0.2) is 54.6 Å². The molecule has 0 spiro atoms. The molecule has 0 bridgehead atoms. The minimum absolute atomic E-state index is 0.0761. The Hall–Kier alpha value is -1.47. The van der Waals surface area contributed by atoms with Gasteiger partial charge in [0, 0.05) is 0 Å². The zero-order valence-corrected chi connectivity index (χ0v) is 12.6. The summed E-state index contributed by atoms with van der Waals surface area (Å²) in [6.45, 7) is 2.88. The molecule has 0 aromatic heterocycles.